The first kappa shape index (κ1) is 24.6. The lowest BCUT2D eigenvalue weighted by molar-refractivity contribution is 0.255. The van der Waals surface area contributed by atoms with Crippen LogP contribution < -0.4 is 10.2 Å². The van der Waals surface area contributed by atoms with E-state index in [9.17, 15) is 0 Å². The van der Waals surface area contributed by atoms with Crippen LogP contribution in [0.4, 0.5) is 22.0 Å². The topological polar surface area (TPSA) is 75.0 Å². The first-order valence-electron chi connectivity index (χ1n) is 12.9. The fraction of sp³-hybridized carbons (Fsp3) is 0.556. The Morgan fingerprint density at radius 2 is 1.83 bits per heavy atom. The molecular weight excluding hydrogens is 455 g/mol. The summed E-state index contributed by atoms with van der Waals surface area (Å²) < 4.78 is 17.0. The molecule has 9 heteroatoms. The molecule has 2 aliphatic heterocycles. The second-order valence-corrected chi connectivity index (χ2v) is 11.3. The lowest BCUT2D eigenvalue weighted by atomic mass is 9.81. The molecule has 1 N–H and O–H groups in total. The molecule has 0 aromatic carbocycles. The van der Waals surface area contributed by atoms with E-state index >= 15 is 4.39 Å². The maximum Gasteiger partial charge on any atom is 0.230 e. The molecule has 2 aliphatic rings. The van der Waals surface area contributed by atoms with Crippen LogP contribution in [0.15, 0.2) is 24.5 Å². The van der Waals surface area contributed by atoms with E-state index in [0.29, 0.717) is 42.5 Å². The van der Waals surface area contributed by atoms with Crippen LogP contribution in [0.25, 0.3) is 0 Å². The van der Waals surface area contributed by atoms with Gasteiger partial charge in [-0.2, -0.15) is 10.1 Å². The highest BCUT2D eigenvalue weighted by atomic mass is 19.1. The Morgan fingerprint density at radius 1 is 1.08 bits per heavy atom. The number of hydrogen-bond donors (Lipinski definition) is 1. The van der Waals surface area contributed by atoms with Gasteiger partial charge in [0.05, 0.1) is 11.9 Å². The van der Waals surface area contributed by atoms with Crippen molar-refractivity contribution in [3.8, 4) is 0 Å². The maximum absolute atomic E-state index is 15.0. The van der Waals surface area contributed by atoms with Gasteiger partial charge in [-0.05, 0) is 56.4 Å². The number of rotatable bonds is 5. The fourth-order valence-corrected chi connectivity index (χ4v) is 5.77. The molecule has 0 bridgehead atoms. The summed E-state index contributed by atoms with van der Waals surface area (Å²) in [5.41, 5.74) is 4.46. The van der Waals surface area contributed by atoms with Crippen LogP contribution in [-0.4, -0.2) is 56.3 Å². The molecule has 0 unspecified atom stereocenters. The number of pyridine rings is 1. The number of halogens is 1. The molecule has 3 aromatic heterocycles. The van der Waals surface area contributed by atoms with Crippen LogP contribution in [0.5, 0.6) is 0 Å². The molecule has 5 rings (SSSR count). The molecule has 0 aliphatic carbocycles. The number of nitrogens with one attached hydrogen (secondary N) is 1. The standard InChI is InChI=1S/C27H37FN8/c1-17(2)23-20-15-36(16-27(3,4)24(20)33-35(23)6)25-21(28)14-30-26(32-25)31-22-8-7-19(13-29-22)18-9-11-34(5)12-10-18/h7-8,13-14,17-18H,9-12,15-16H2,1-6H3,(H,29,30,31,32). The predicted molar refractivity (Wildman–Crippen MR) is 140 cm³/mol. The lowest BCUT2D eigenvalue weighted by Gasteiger charge is -2.38. The second-order valence-electron chi connectivity index (χ2n) is 11.3. The molecule has 3 aromatic rings. The lowest BCUT2D eigenvalue weighted by Crippen LogP contribution is -2.43. The summed E-state index contributed by atoms with van der Waals surface area (Å²) in [5.74, 6) is 1.72. The number of aryl methyl sites for hydroxylation is 1. The number of aromatic nitrogens is 5. The quantitative estimate of drug-likeness (QED) is 0.552. The summed E-state index contributed by atoms with van der Waals surface area (Å²) in [7, 11) is 4.16. The van der Waals surface area contributed by atoms with Crippen LogP contribution in [-0.2, 0) is 19.0 Å². The number of piperidine rings is 1. The van der Waals surface area contributed by atoms with Gasteiger partial charge in [0.1, 0.15) is 5.82 Å². The predicted octanol–water partition coefficient (Wildman–Crippen LogP) is 4.72. The van der Waals surface area contributed by atoms with Crippen LogP contribution in [0, 0.1) is 5.82 Å². The summed E-state index contributed by atoms with van der Waals surface area (Å²) in [4.78, 5) is 17.8. The third-order valence-corrected chi connectivity index (χ3v) is 7.56. The van der Waals surface area contributed by atoms with Gasteiger partial charge in [0.2, 0.25) is 5.95 Å². The largest absolute Gasteiger partial charge is 0.349 e. The summed E-state index contributed by atoms with van der Waals surface area (Å²) in [6.07, 6.45) is 5.48. The van der Waals surface area contributed by atoms with Crippen LogP contribution in [0.1, 0.15) is 74.9 Å². The molecule has 0 saturated carbocycles. The molecule has 1 saturated heterocycles. The van der Waals surface area contributed by atoms with Gasteiger partial charge in [-0.1, -0.05) is 33.8 Å². The van der Waals surface area contributed by atoms with Gasteiger partial charge in [-0.15, -0.1) is 0 Å². The summed E-state index contributed by atoms with van der Waals surface area (Å²) in [5, 5.41) is 8.00. The third kappa shape index (κ3) is 4.68. The first-order chi connectivity index (χ1) is 17.1. The minimum absolute atomic E-state index is 0.241. The van der Waals surface area contributed by atoms with Gasteiger partial charge >= 0.3 is 0 Å². The second kappa shape index (κ2) is 9.42. The Balaban J connectivity index is 1.37. The van der Waals surface area contributed by atoms with Gasteiger partial charge in [0.15, 0.2) is 11.6 Å². The number of anilines is 3. The maximum atomic E-state index is 15.0. The highest BCUT2D eigenvalue weighted by Crippen LogP contribution is 2.38. The average Bonchev–Trinajstić information content (AvgIpc) is 3.18. The van der Waals surface area contributed by atoms with E-state index in [0.717, 1.165) is 31.6 Å². The Kier molecular flexibility index (Phi) is 6.44. The minimum atomic E-state index is -0.430. The zero-order valence-corrected chi connectivity index (χ0v) is 22.2. The van der Waals surface area contributed by atoms with E-state index < -0.39 is 5.82 Å². The third-order valence-electron chi connectivity index (χ3n) is 7.56. The Bertz CT molecular complexity index is 1230. The average molecular weight is 493 g/mol. The van der Waals surface area contributed by atoms with E-state index in [2.05, 4.69) is 66.0 Å². The normalized spacial score (nSPS) is 18.5. The van der Waals surface area contributed by atoms with Crippen LogP contribution in [0.2, 0.25) is 0 Å². The number of fused-ring (bicyclic) bond motifs is 1. The van der Waals surface area contributed by atoms with Crippen molar-refractivity contribution in [2.45, 2.75) is 64.3 Å². The zero-order valence-electron chi connectivity index (χ0n) is 22.2. The van der Waals surface area contributed by atoms with E-state index in [-0.39, 0.29) is 5.41 Å². The number of hydrogen-bond acceptors (Lipinski definition) is 7. The van der Waals surface area contributed by atoms with E-state index in [1.54, 1.807) is 0 Å². The smallest absolute Gasteiger partial charge is 0.230 e. The van der Waals surface area contributed by atoms with Crippen molar-refractivity contribution in [3.05, 3.63) is 52.9 Å². The molecule has 0 amide bonds. The van der Waals surface area contributed by atoms with E-state index in [4.69, 9.17) is 5.10 Å². The number of likely N-dealkylation sites (tertiary alicyclic amines) is 1. The molecule has 0 spiro atoms. The number of nitrogens with zero attached hydrogens (tertiary/aromatic N) is 7. The Labute approximate surface area is 213 Å². The van der Waals surface area contributed by atoms with Crippen molar-refractivity contribution in [1.29, 1.82) is 0 Å². The van der Waals surface area contributed by atoms with Crippen molar-refractivity contribution >= 4 is 17.6 Å². The zero-order chi connectivity index (χ0) is 25.6. The van der Waals surface area contributed by atoms with Gasteiger partial charge in [0.25, 0.3) is 0 Å². The van der Waals surface area contributed by atoms with Crippen molar-refractivity contribution < 1.29 is 4.39 Å². The summed E-state index contributed by atoms with van der Waals surface area (Å²) in [6.45, 7) is 12.1. The SMILES string of the molecule is CC(C)c1c2c(nn1C)C(C)(C)CN(c1nc(Nc3ccc(C4CCN(C)CC4)cn3)ncc1F)C2. The van der Waals surface area contributed by atoms with Crippen molar-refractivity contribution in [2.24, 2.45) is 7.05 Å². The van der Waals surface area contributed by atoms with Crippen molar-refractivity contribution in [2.75, 3.05) is 36.9 Å². The van der Waals surface area contributed by atoms with E-state index in [1.165, 1.54) is 23.0 Å². The molecular formula is C27H37FN8. The molecule has 1 fully saturated rings. The molecule has 0 atom stereocenters. The van der Waals surface area contributed by atoms with Gasteiger partial charge in [-0.25, -0.2) is 14.4 Å². The molecule has 192 valence electrons. The first-order valence-corrected chi connectivity index (χ1v) is 12.9. The van der Waals surface area contributed by atoms with Crippen molar-refractivity contribution in [3.63, 3.8) is 0 Å². The fourth-order valence-electron chi connectivity index (χ4n) is 5.77. The minimum Gasteiger partial charge on any atom is -0.349 e. The van der Waals surface area contributed by atoms with Gasteiger partial charge in [0, 0.05) is 43.0 Å². The molecule has 36 heavy (non-hydrogen) atoms. The summed E-state index contributed by atoms with van der Waals surface area (Å²) >= 11 is 0. The molecule has 0 radical (unpaired) electrons. The highest BCUT2D eigenvalue weighted by molar-refractivity contribution is 5.54. The highest BCUT2D eigenvalue weighted by Gasteiger charge is 2.38. The van der Waals surface area contributed by atoms with Crippen LogP contribution in [0.3, 0.4) is 0 Å². The molecule has 5 heterocycles. The van der Waals surface area contributed by atoms with Gasteiger partial charge < -0.3 is 15.1 Å². The molecule has 8 nitrogen and oxygen atoms in total. The summed E-state index contributed by atoms with van der Waals surface area (Å²) in [6, 6.07) is 4.08. The Hall–Kier alpha value is -3.07. The van der Waals surface area contributed by atoms with Crippen LogP contribution >= 0.6 is 0 Å². The van der Waals surface area contributed by atoms with Gasteiger partial charge in [-0.3, -0.25) is 4.68 Å². The van der Waals surface area contributed by atoms with Crippen molar-refractivity contribution in [1.82, 2.24) is 29.6 Å². The Morgan fingerprint density at radius 3 is 2.50 bits per heavy atom. The van der Waals surface area contributed by atoms with E-state index in [1.807, 2.05) is 28.9 Å². The monoisotopic (exact) mass is 492 g/mol.